The van der Waals surface area contributed by atoms with Gasteiger partial charge in [-0.15, -0.1) is 0 Å². The third-order valence-corrected chi connectivity index (χ3v) is 6.03. The van der Waals surface area contributed by atoms with Gasteiger partial charge < -0.3 is 10.1 Å². The van der Waals surface area contributed by atoms with E-state index >= 15 is 0 Å². The van der Waals surface area contributed by atoms with Crippen LogP contribution in [-0.4, -0.2) is 5.91 Å². The van der Waals surface area contributed by atoms with E-state index in [1.165, 1.54) is 24.3 Å². The first-order chi connectivity index (χ1) is 16.1. The van der Waals surface area contributed by atoms with Gasteiger partial charge in [0.05, 0.1) is 15.1 Å². The number of nitriles is 1. The van der Waals surface area contributed by atoms with Crippen LogP contribution in [0.2, 0.25) is 5.02 Å². The molecular weight excluding hydrogens is 648 g/mol. The summed E-state index contributed by atoms with van der Waals surface area (Å²) in [5.41, 5.74) is 0.0661. The zero-order chi connectivity index (χ0) is 24.9. The van der Waals surface area contributed by atoms with Gasteiger partial charge in [0, 0.05) is 9.26 Å². The van der Waals surface area contributed by atoms with E-state index < -0.39 is 17.6 Å². The fourth-order valence-corrected chi connectivity index (χ4v) is 4.17. The third kappa shape index (κ3) is 6.98. The Hall–Kier alpha value is -2.55. The van der Waals surface area contributed by atoms with Crippen molar-refractivity contribution in [2.75, 3.05) is 5.32 Å². The van der Waals surface area contributed by atoms with Gasteiger partial charge in [-0.05, 0) is 98.2 Å². The van der Waals surface area contributed by atoms with Crippen LogP contribution in [0.3, 0.4) is 0 Å². The third-order valence-electron chi connectivity index (χ3n) is 4.44. The number of benzene rings is 3. The monoisotopic (exact) mass is 660 g/mol. The van der Waals surface area contributed by atoms with E-state index in [9.17, 15) is 23.2 Å². The molecule has 0 saturated carbocycles. The lowest BCUT2D eigenvalue weighted by Crippen LogP contribution is -2.14. The van der Waals surface area contributed by atoms with Crippen molar-refractivity contribution in [2.45, 2.75) is 12.8 Å². The van der Waals surface area contributed by atoms with Gasteiger partial charge in [0.25, 0.3) is 5.91 Å². The summed E-state index contributed by atoms with van der Waals surface area (Å²) in [6.07, 6.45) is -3.27. The maximum atomic E-state index is 12.9. The molecule has 0 aromatic heterocycles. The Morgan fingerprint density at radius 2 is 1.88 bits per heavy atom. The number of carbonyl (C=O) groups excluding carboxylic acids is 1. The van der Waals surface area contributed by atoms with Gasteiger partial charge in [0.1, 0.15) is 18.2 Å². The van der Waals surface area contributed by atoms with Gasteiger partial charge in [0.15, 0.2) is 5.75 Å². The van der Waals surface area contributed by atoms with Crippen LogP contribution in [0.25, 0.3) is 6.08 Å². The maximum absolute atomic E-state index is 12.9. The normalized spacial score (nSPS) is 11.6. The van der Waals surface area contributed by atoms with Crippen molar-refractivity contribution in [3.63, 3.8) is 0 Å². The van der Waals surface area contributed by atoms with Gasteiger partial charge in [-0.25, -0.2) is 0 Å². The molecule has 0 atom stereocenters. The molecule has 3 aromatic carbocycles. The van der Waals surface area contributed by atoms with Crippen LogP contribution in [0.5, 0.6) is 5.75 Å². The number of alkyl halides is 3. The summed E-state index contributed by atoms with van der Waals surface area (Å²) in [6, 6.07) is 16.8. The van der Waals surface area contributed by atoms with E-state index in [-0.39, 0.29) is 22.9 Å². The van der Waals surface area contributed by atoms with Crippen molar-refractivity contribution < 1.29 is 22.7 Å². The van der Waals surface area contributed by atoms with Crippen molar-refractivity contribution in [1.29, 1.82) is 5.26 Å². The molecule has 3 rings (SSSR count). The molecule has 0 unspecified atom stereocenters. The van der Waals surface area contributed by atoms with E-state index in [4.69, 9.17) is 16.3 Å². The van der Waals surface area contributed by atoms with E-state index in [1.807, 2.05) is 24.3 Å². The van der Waals surface area contributed by atoms with E-state index in [0.29, 0.717) is 15.8 Å². The molecule has 34 heavy (non-hydrogen) atoms. The van der Waals surface area contributed by atoms with E-state index in [0.717, 1.165) is 21.3 Å². The number of halogens is 6. The average molecular weight is 662 g/mol. The van der Waals surface area contributed by atoms with Crippen LogP contribution in [-0.2, 0) is 17.6 Å². The largest absolute Gasteiger partial charge is 0.486 e. The zero-order valence-electron chi connectivity index (χ0n) is 17.1. The Bertz CT molecular complexity index is 1270. The molecule has 0 radical (unpaired) electrons. The van der Waals surface area contributed by atoms with Crippen LogP contribution >= 0.6 is 50.1 Å². The Morgan fingerprint density at radius 1 is 1.18 bits per heavy atom. The highest BCUT2D eigenvalue weighted by Crippen LogP contribution is 2.36. The predicted molar refractivity (Wildman–Crippen MR) is 136 cm³/mol. The van der Waals surface area contributed by atoms with Gasteiger partial charge >= 0.3 is 6.18 Å². The lowest BCUT2D eigenvalue weighted by atomic mass is 10.1. The summed E-state index contributed by atoms with van der Waals surface area (Å²) in [5, 5.41) is 12.0. The molecule has 174 valence electrons. The van der Waals surface area contributed by atoms with Gasteiger partial charge in [-0.2, -0.15) is 18.4 Å². The number of hydrogen-bond donors (Lipinski definition) is 1. The quantitative estimate of drug-likeness (QED) is 0.166. The average Bonchev–Trinajstić information content (AvgIpc) is 2.77. The minimum Gasteiger partial charge on any atom is -0.486 e. The van der Waals surface area contributed by atoms with Crippen molar-refractivity contribution in [1.82, 2.24) is 0 Å². The molecule has 0 saturated heterocycles. The summed E-state index contributed by atoms with van der Waals surface area (Å²) in [4.78, 5) is 12.5. The molecule has 0 aliphatic heterocycles. The van der Waals surface area contributed by atoms with Crippen molar-refractivity contribution in [3.05, 3.63) is 96.0 Å². The number of rotatable bonds is 6. The second-order valence-electron chi connectivity index (χ2n) is 6.93. The molecule has 3 aromatic rings. The first kappa shape index (κ1) is 26.1. The molecule has 0 spiro atoms. The topological polar surface area (TPSA) is 62.1 Å². The van der Waals surface area contributed by atoms with Gasteiger partial charge in [0.2, 0.25) is 0 Å². The summed E-state index contributed by atoms with van der Waals surface area (Å²) >= 11 is 11.9. The Kier molecular flexibility index (Phi) is 8.62. The highest BCUT2D eigenvalue weighted by atomic mass is 127. The molecule has 0 aliphatic rings. The summed E-state index contributed by atoms with van der Waals surface area (Å²) in [7, 11) is 0. The predicted octanol–water partition coefficient (Wildman–Crippen LogP) is 7.85. The van der Waals surface area contributed by atoms with Crippen molar-refractivity contribution in [3.8, 4) is 11.8 Å². The lowest BCUT2D eigenvalue weighted by Gasteiger charge is -2.12. The smallest absolute Gasteiger partial charge is 0.416 e. The molecule has 0 aliphatic carbocycles. The Morgan fingerprint density at radius 3 is 2.50 bits per heavy atom. The standard InChI is InChI=1S/C24H14BrClF3IN2O2/c25-20-9-15(10-21(26)22(20)34-13-14-4-6-18(30)7-5-14)8-16(12-31)23(33)32-19-3-1-2-17(11-19)24(27,28)29/h1-11H,13H2,(H,32,33)/b16-8-. The van der Waals surface area contributed by atoms with E-state index in [1.54, 1.807) is 12.1 Å². The van der Waals surface area contributed by atoms with Crippen LogP contribution in [0.1, 0.15) is 16.7 Å². The number of ether oxygens (including phenoxy) is 1. The lowest BCUT2D eigenvalue weighted by molar-refractivity contribution is -0.137. The fraction of sp³-hybridized carbons (Fsp3) is 0.0833. The first-order valence-electron chi connectivity index (χ1n) is 9.53. The number of carbonyl (C=O) groups is 1. The highest BCUT2D eigenvalue weighted by molar-refractivity contribution is 14.1. The highest BCUT2D eigenvalue weighted by Gasteiger charge is 2.30. The molecule has 1 N–H and O–H groups in total. The second-order valence-corrected chi connectivity index (χ2v) is 9.44. The fourth-order valence-electron chi connectivity index (χ4n) is 2.82. The molecular formula is C24H14BrClF3IN2O2. The minimum absolute atomic E-state index is 0.0838. The number of hydrogen-bond acceptors (Lipinski definition) is 3. The SMILES string of the molecule is N#C/C(=C/c1cc(Cl)c(OCc2ccc(I)cc2)c(Br)c1)C(=O)Nc1cccc(C(F)(F)F)c1. The Labute approximate surface area is 220 Å². The summed E-state index contributed by atoms with van der Waals surface area (Å²) < 4.78 is 46.1. The molecule has 1 amide bonds. The van der Waals surface area contributed by atoms with Crippen LogP contribution in [0.4, 0.5) is 18.9 Å². The number of nitrogens with zero attached hydrogens (tertiary/aromatic N) is 1. The molecule has 0 heterocycles. The van der Waals surface area contributed by atoms with Gasteiger partial charge in [-0.1, -0.05) is 29.8 Å². The first-order valence-corrected chi connectivity index (χ1v) is 11.8. The van der Waals surface area contributed by atoms with E-state index in [2.05, 4.69) is 43.8 Å². The molecule has 10 heteroatoms. The molecule has 0 fully saturated rings. The van der Waals surface area contributed by atoms with Gasteiger partial charge in [-0.3, -0.25) is 4.79 Å². The van der Waals surface area contributed by atoms with Crippen LogP contribution in [0.15, 0.2) is 70.7 Å². The minimum atomic E-state index is -4.55. The molecule has 0 bridgehead atoms. The number of amides is 1. The summed E-state index contributed by atoms with van der Waals surface area (Å²) in [6.45, 7) is 0.285. The van der Waals surface area contributed by atoms with Crippen molar-refractivity contribution in [2.24, 2.45) is 0 Å². The van der Waals surface area contributed by atoms with Crippen LogP contribution in [0, 0.1) is 14.9 Å². The van der Waals surface area contributed by atoms with Crippen LogP contribution < -0.4 is 10.1 Å². The molecule has 4 nitrogen and oxygen atoms in total. The Balaban J connectivity index is 1.77. The second kappa shape index (κ2) is 11.3. The van der Waals surface area contributed by atoms with Crippen molar-refractivity contribution >= 4 is 67.8 Å². The summed E-state index contributed by atoms with van der Waals surface area (Å²) in [5.74, 6) is -0.461. The number of anilines is 1. The number of nitrogens with one attached hydrogen (secondary N) is 1. The zero-order valence-corrected chi connectivity index (χ0v) is 21.6. The maximum Gasteiger partial charge on any atom is 0.416 e.